The van der Waals surface area contributed by atoms with Gasteiger partial charge >= 0.3 is 6.09 Å². The molecule has 0 radical (unpaired) electrons. The molecule has 1 unspecified atom stereocenters. The summed E-state index contributed by atoms with van der Waals surface area (Å²) in [6.07, 6.45) is 5.71. The Balaban J connectivity index is 1.27. The van der Waals surface area contributed by atoms with E-state index in [0.717, 1.165) is 60.9 Å². The molecule has 0 saturated heterocycles. The smallest absolute Gasteiger partial charge is 0.408 e. The van der Waals surface area contributed by atoms with Gasteiger partial charge < -0.3 is 19.8 Å². The van der Waals surface area contributed by atoms with Crippen LogP contribution in [0.5, 0.6) is 5.75 Å². The van der Waals surface area contributed by atoms with Gasteiger partial charge in [-0.3, -0.25) is 4.98 Å². The zero-order chi connectivity index (χ0) is 35.2. The zero-order valence-corrected chi connectivity index (χ0v) is 29.0. The number of pyridine rings is 1. The Morgan fingerprint density at radius 2 is 1.53 bits per heavy atom. The normalized spacial score (nSPS) is 12.0. The van der Waals surface area contributed by atoms with Gasteiger partial charge in [0, 0.05) is 52.1 Å². The lowest BCUT2D eigenvalue weighted by atomic mass is 10.0. The largest absolute Gasteiger partial charge is 0.491 e. The van der Waals surface area contributed by atoms with Crippen molar-refractivity contribution >= 4 is 39.2 Å². The van der Waals surface area contributed by atoms with Crippen LogP contribution in [0.4, 0.5) is 10.5 Å². The summed E-state index contributed by atoms with van der Waals surface area (Å²) in [5.41, 5.74) is 7.08. The predicted molar refractivity (Wildman–Crippen MR) is 206 cm³/mol. The number of nitrogens with one attached hydrogen (secondary N) is 2. The molecule has 0 aliphatic heterocycles. The summed E-state index contributed by atoms with van der Waals surface area (Å²) >= 11 is 0. The first kappa shape index (κ1) is 33.3. The Morgan fingerprint density at radius 1 is 0.804 bits per heavy atom. The molecule has 7 heteroatoms. The lowest BCUT2D eigenvalue weighted by Gasteiger charge is -2.24. The van der Waals surface area contributed by atoms with Crippen molar-refractivity contribution in [3.05, 3.63) is 163 Å². The number of rotatable bonds is 10. The standard InChI is InChI=1S/C44H40N4O3/c1-44(2,3)51-43(49)48-38(24-36-28-46-41-17-11-10-16-40(36)41)29-50-39-25-35(32-18-19-34-27-45-21-20-33(34)22-32)23-37(26-39)47-42(30-12-6-4-7-13-30)31-14-8-5-9-15-31/h4-23,25-28,38,46H,24,29H2,1-3H3,(H,48,49). The predicted octanol–water partition coefficient (Wildman–Crippen LogP) is 10.1. The molecule has 51 heavy (non-hydrogen) atoms. The highest BCUT2D eigenvalue weighted by molar-refractivity contribution is 6.14. The first-order chi connectivity index (χ1) is 24.8. The molecule has 0 spiro atoms. The van der Waals surface area contributed by atoms with Crippen molar-refractivity contribution in [1.82, 2.24) is 15.3 Å². The van der Waals surface area contributed by atoms with Crippen LogP contribution in [0.3, 0.4) is 0 Å². The van der Waals surface area contributed by atoms with Crippen LogP contribution in [-0.4, -0.2) is 40.0 Å². The average molecular weight is 673 g/mol. The first-order valence-corrected chi connectivity index (χ1v) is 17.1. The van der Waals surface area contributed by atoms with E-state index in [2.05, 4.69) is 69.9 Å². The summed E-state index contributed by atoms with van der Waals surface area (Å²) in [5.74, 6) is 0.636. The molecule has 2 N–H and O–H groups in total. The molecule has 5 aromatic carbocycles. The molecule has 0 fully saturated rings. The minimum atomic E-state index is -0.636. The summed E-state index contributed by atoms with van der Waals surface area (Å²) in [6, 6.07) is 42.6. The number of amides is 1. The minimum Gasteiger partial charge on any atom is -0.491 e. The topological polar surface area (TPSA) is 88.6 Å². The fourth-order valence-corrected chi connectivity index (χ4v) is 6.17. The molecule has 0 aliphatic rings. The fraction of sp³-hybridized carbons (Fsp3) is 0.159. The third kappa shape index (κ3) is 8.33. The molecule has 2 heterocycles. The molecule has 2 aromatic heterocycles. The van der Waals surface area contributed by atoms with Crippen molar-refractivity contribution in [3.63, 3.8) is 0 Å². The molecular formula is C44H40N4O3. The highest BCUT2D eigenvalue weighted by Gasteiger charge is 2.22. The van der Waals surface area contributed by atoms with Crippen LogP contribution in [0, 0.1) is 0 Å². The molecule has 0 bridgehead atoms. The van der Waals surface area contributed by atoms with E-state index in [9.17, 15) is 4.79 Å². The molecule has 0 aliphatic carbocycles. The highest BCUT2D eigenvalue weighted by Crippen LogP contribution is 2.33. The first-order valence-electron chi connectivity index (χ1n) is 17.1. The molecule has 7 nitrogen and oxygen atoms in total. The Labute approximate surface area is 298 Å². The minimum absolute atomic E-state index is 0.207. The number of carbonyl (C=O) groups excluding carboxylic acids is 1. The number of hydrogen-bond donors (Lipinski definition) is 2. The number of fused-ring (bicyclic) bond motifs is 2. The van der Waals surface area contributed by atoms with E-state index in [-0.39, 0.29) is 12.6 Å². The van der Waals surface area contributed by atoms with E-state index in [0.29, 0.717) is 12.2 Å². The van der Waals surface area contributed by atoms with Crippen LogP contribution in [0.25, 0.3) is 32.8 Å². The van der Waals surface area contributed by atoms with Crippen LogP contribution >= 0.6 is 0 Å². The monoisotopic (exact) mass is 672 g/mol. The maximum Gasteiger partial charge on any atom is 0.408 e. The Hall–Kier alpha value is -6.21. The highest BCUT2D eigenvalue weighted by atomic mass is 16.6. The summed E-state index contributed by atoms with van der Waals surface area (Å²) in [4.78, 5) is 25.9. The number of aromatic nitrogens is 2. The van der Waals surface area contributed by atoms with Crippen LogP contribution < -0.4 is 10.1 Å². The van der Waals surface area contributed by atoms with Gasteiger partial charge in [-0.2, -0.15) is 0 Å². The molecule has 7 rings (SSSR count). The van der Waals surface area contributed by atoms with Gasteiger partial charge in [-0.25, -0.2) is 9.79 Å². The van der Waals surface area contributed by atoms with Crippen LogP contribution in [0.1, 0.15) is 37.5 Å². The zero-order valence-electron chi connectivity index (χ0n) is 29.0. The summed E-state index contributed by atoms with van der Waals surface area (Å²) in [6.45, 7) is 5.77. The van der Waals surface area contributed by atoms with Gasteiger partial charge in [-0.05, 0) is 79.6 Å². The van der Waals surface area contributed by atoms with Gasteiger partial charge in [0.1, 0.15) is 18.0 Å². The van der Waals surface area contributed by atoms with Crippen molar-refractivity contribution in [1.29, 1.82) is 0 Å². The van der Waals surface area contributed by atoms with Crippen molar-refractivity contribution in [2.75, 3.05) is 6.61 Å². The number of aromatic amines is 1. The van der Waals surface area contributed by atoms with Gasteiger partial charge in [0.05, 0.1) is 17.4 Å². The maximum atomic E-state index is 13.0. The van der Waals surface area contributed by atoms with Crippen LogP contribution in [0.15, 0.2) is 151 Å². The van der Waals surface area contributed by atoms with Crippen LogP contribution in [-0.2, 0) is 11.2 Å². The molecule has 1 amide bonds. The second-order valence-electron chi connectivity index (χ2n) is 13.6. The second-order valence-corrected chi connectivity index (χ2v) is 13.6. The van der Waals surface area contributed by atoms with Crippen LogP contribution in [0.2, 0.25) is 0 Å². The average Bonchev–Trinajstić information content (AvgIpc) is 3.55. The number of H-pyrrole nitrogens is 1. The van der Waals surface area contributed by atoms with Gasteiger partial charge in [0.25, 0.3) is 0 Å². The van der Waals surface area contributed by atoms with Crippen molar-refractivity contribution in [3.8, 4) is 16.9 Å². The van der Waals surface area contributed by atoms with Gasteiger partial charge in [0.15, 0.2) is 0 Å². The number of nitrogens with zero attached hydrogens (tertiary/aromatic N) is 2. The van der Waals surface area contributed by atoms with Crippen molar-refractivity contribution in [2.24, 2.45) is 4.99 Å². The van der Waals surface area contributed by atoms with Gasteiger partial charge in [0.2, 0.25) is 0 Å². The Kier molecular flexibility index (Phi) is 9.61. The molecular weight excluding hydrogens is 633 g/mol. The molecule has 7 aromatic rings. The lowest BCUT2D eigenvalue weighted by molar-refractivity contribution is 0.0488. The Bertz CT molecular complexity index is 2270. The van der Waals surface area contributed by atoms with E-state index in [4.69, 9.17) is 14.5 Å². The second kappa shape index (κ2) is 14.7. The number of hydrogen-bond acceptors (Lipinski definition) is 5. The lowest BCUT2D eigenvalue weighted by Crippen LogP contribution is -2.43. The maximum absolute atomic E-state index is 13.0. The summed E-state index contributed by atoms with van der Waals surface area (Å²) in [5, 5.41) is 6.33. The van der Waals surface area contributed by atoms with Crippen molar-refractivity contribution < 1.29 is 14.3 Å². The van der Waals surface area contributed by atoms with Gasteiger partial charge in [-0.1, -0.05) is 91.0 Å². The number of aliphatic imine (C=N–C) groups is 1. The number of para-hydroxylation sites is 1. The van der Waals surface area contributed by atoms with E-state index < -0.39 is 11.7 Å². The van der Waals surface area contributed by atoms with Crippen molar-refractivity contribution in [2.45, 2.75) is 38.8 Å². The molecule has 0 saturated carbocycles. The number of alkyl carbamates (subject to hydrolysis) is 1. The Morgan fingerprint density at radius 3 is 2.27 bits per heavy atom. The van der Waals surface area contributed by atoms with Gasteiger partial charge in [-0.15, -0.1) is 0 Å². The fourth-order valence-electron chi connectivity index (χ4n) is 6.17. The SMILES string of the molecule is CC(C)(C)OC(=O)NC(COc1cc(N=C(c2ccccc2)c2ccccc2)cc(-c2ccc3cnccc3c2)c1)Cc1c[nH]c2ccccc12. The van der Waals surface area contributed by atoms with E-state index in [1.165, 1.54) is 0 Å². The third-order valence-electron chi connectivity index (χ3n) is 8.51. The van der Waals surface area contributed by atoms with E-state index in [1.54, 1.807) is 6.20 Å². The number of carbonyl (C=O) groups is 1. The summed E-state index contributed by atoms with van der Waals surface area (Å²) < 4.78 is 12.2. The number of benzene rings is 5. The third-order valence-corrected chi connectivity index (χ3v) is 8.51. The summed E-state index contributed by atoms with van der Waals surface area (Å²) in [7, 11) is 0. The molecule has 1 atom stereocenters. The van der Waals surface area contributed by atoms with E-state index >= 15 is 0 Å². The molecule has 254 valence electrons. The quantitative estimate of drug-likeness (QED) is 0.142. The van der Waals surface area contributed by atoms with E-state index in [1.807, 2.05) is 106 Å². The number of ether oxygens (including phenoxy) is 2.